The lowest BCUT2D eigenvalue weighted by Crippen LogP contribution is -2.31. The van der Waals surface area contributed by atoms with Gasteiger partial charge < -0.3 is 14.6 Å². The number of aliphatic imine (C=N–C) groups is 1. The van der Waals surface area contributed by atoms with Gasteiger partial charge in [-0.05, 0) is 6.92 Å². The lowest BCUT2D eigenvalue weighted by Gasteiger charge is -2.21. The molecule has 0 radical (unpaired) electrons. The molecule has 1 heterocycles. The fourth-order valence-electron chi connectivity index (χ4n) is 2.19. The van der Waals surface area contributed by atoms with Gasteiger partial charge in [0.1, 0.15) is 11.3 Å². The van der Waals surface area contributed by atoms with Gasteiger partial charge in [-0.1, -0.05) is 30.3 Å². The van der Waals surface area contributed by atoms with E-state index < -0.39 is 18.0 Å². The van der Waals surface area contributed by atoms with E-state index in [-0.39, 0.29) is 30.1 Å². The Morgan fingerprint density at radius 3 is 2.59 bits per heavy atom. The molecular formula is C16H17NO5. The minimum atomic E-state index is -0.876. The number of methoxy groups -OCH3 is 1. The second-order valence-electron chi connectivity index (χ2n) is 4.63. The molecule has 0 aromatic heterocycles. The number of aliphatic hydroxyl groups excluding tert-OH is 1. The minimum Gasteiger partial charge on any atom is -0.511 e. The molecule has 1 aliphatic heterocycles. The lowest BCUT2D eigenvalue weighted by molar-refractivity contribution is -0.142. The monoisotopic (exact) mass is 303 g/mol. The number of nitrogens with zero attached hydrogens (tertiary/aromatic N) is 1. The molecule has 0 amide bonds. The van der Waals surface area contributed by atoms with E-state index in [1.807, 2.05) is 6.07 Å². The summed E-state index contributed by atoms with van der Waals surface area (Å²) < 4.78 is 9.64. The largest absolute Gasteiger partial charge is 0.511 e. The number of hydrogen-bond donors (Lipinski definition) is 1. The second-order valence-corrected chi connectivity index (χ2v) is 4.63. The zero-order valence-corrected chi connectivity index (χ0v) is 12.4. The van der Waals surface area contributed by atoms with Gasteiger partial charge in [0.05, 0.1) is 19.4 Å². The van der Waals surface area contributed by atoms with Crippen LogP contribution in [0.25, 0.3) is 0 Å². The van der Waals surface area contributed by atoms with Crippen molar-refractivity contribution in [1.29, 1.82) is 0 Å². The van der Waals surface area contributed by atoms with Crippen molar-refractivity contribution in [3.63, 3.8) is 0 Å². The molecule has 0 aliphatic carbocycles. The second kappa shape index (κ2) is 6.89. The summed E-state index contributed by atoms with van der Waals surface area (Å²) in [5, 5.41) is 10.2. The topological polar surface area (TPSA) is 85.2 Å². The maximum atomic E-state index is 12.1. The predicted octanol–water partition coefficient (Wildman–Crippen LogP) is 1.80. The van der Waals surface area contributed by atoms with Crippen LogP contribution in [0.3, 0.4) is 0 Å². The van der Waals surface area contributed by atoms with Gasteiger partial charge in [-0.2, -0.15) is 0 Å². The van der Waals surface area contributed by atoms with Gasteiger partial charge >= 0.3 is 11.9 Å². The number of dihydropyridines is 1. The maximum Gasteiger partial charge on any atom is 0.343 e. The summed E-state index contributed by atoms with van der Waals surface area (Å²) in [6, 6.07) is 7.98. The molecule has 0 saturated heterocycles. The van der Waals surface area contributed by atoms with Crippen molar-refractivity contribution in [2.45, 2.75) is 19.4 Å². The fourth-order valence-corrected chi connectivity index (χ4v) is 2.19. The van der Waals surface area contributed by atoms with E-state index >= 15 is 0 Å². The van der Waals surface area contributed by atoms with Crippen molar-refractivity contribution in [2.75, 3.05) is 13.7 Å². The molecule has 0 bridgehead atoms. The summed E-state index contributed by atoms with van der Waals surface area (Å²) >= 11 is 0. The first-order chi connectivity index (χ1) is 10.6. The highest BCUT2D eigenvalue weighted by molar-refractivity contribution is 6.27. The molecule has 1 unspecified atom stereocenters. The molecule has 116 valence electrons. The number of benzene rings is 1. The Morgan fingerprint density at radius 1 is 1.32 bits per heavy atom. The summed E-state index contributed by atoms with van der Waals surface area (Å²) in [5.41, 5.74) is 0.845. The van der Waals surface area contributed by atoms with Gasteiger partial charge in [-0.25, -0.2) is 9.59 Å². The molecule has 0 fully saturated rings. The summed E-state index contributed by atoms with van der Waals surface area (Å²) in [7, 11) is 1.25. The molecule has 1 aromatic rings. The van der Waals surface area contributed by atoms with Gasteiger partial charge in [-0.15, -0.1) is 0 Å². The first-order valence-corrected chi connectivity index (χ1v) is 6.89. The Balaban J connectivity index is 2.49. The smallest absolute Gasteiger partial charge is 0.343 e. The third-order valence-electron chi connectivity index (χ3n) is 3.20. The lowest BCUT2D eigenvalue weighted by atomic mass is 9.95. The average molecular weight is 303 g/mol. The van der Waals surface area contributed by atoms with Crippen LogP contribution in [0, 0.1) is 0 Å². The van der Waals surface area contributed by atoms with Crippen LogP contribution in [-0.4, -0.2) is 42.5 Å². The van der Waals surface area contributed by atoms with Gasteiger partial charge in [-0.3, -0.25) is 4.99 Å². The third kappa shape index (κ3) is 3.16. The van der Waals surface area contributed by atoms with Gasteiger partial charge in [0.25, 0.3) is 0 Å². The number of carbonyl (C=O) groups is 2. The average Bonchev–Trinajstić information content (AvgIpc) is 2.54. The molecule has 1 atom stereocenters. The Hall–Kier alpha value is -2.63. The van der Waals surface area contributed by atoms with Crippen LogP contribution in [0.2, 0.25) is 0 Å². The van der Waals surface area contributed by atoms with Crippen molar-refractivity contribution in [3.8, 4) is 0 Å². The minimum absolute atomic E-state index is 0.00629. The zero-order chi connectivity index (χ0) is 16.1. The Kier molecular flexibility index (Phi) is 4.93. The molecule has 1 aromatic carbocycles. The number of aliphatic hydroxyl groups is 1. The maximum absolute atomic E-state index is 12.1. The molecule has 0 spiro atoms. The first-order valence-electron chi connectivity index (χ1n) is 6.89. The highest BCUT2D eigenvalue weighted by atomic mass is 16.5. The van der Waals surface area contributed by atoms with Crippen molar-refractivity contribution in [2.24, 2.45) is 4.99 Å². The van der Waals surface area contributed by atoms with Crippen molar-refractivity contribution < 1.29 is 24.2 Å². The van der Waals surface area contributed by atoms with Crippen LogP contribution in [0.1, 0.15) is 18.9 Å². The Bertz CT molecular complexity index is 633. The van der Waals surface area contributed by atoms with Crippen molar-refractivity contribution in [1.82, 2.24) is 0 Å². The molecule has 6 heteroatoms. The molecule has 1 N–H and O–H groups in total. The summed E-state index contributed by atoms with van der Waals surface area (Å²) in [5.74, 6) is -1.45. The van der Waals surface area contributed by atoms with Crippen LogP contribution in [0.15, 0.2) is 46.7 Å². The molecular weight excluding hydrogens is 286 g/mol. The van der Waals surface area contributed by atoms with E-state index in [0.29, 0.717) is 5.56 Å². The Labute approximate surface area is 128 Å². The van der Waals surface area contributed by atoms with Crippen LogP contribution in [0.5, 0.6) is 0 Å². The van der Waals surface area contributed by atoms with E-state index in [2.05, 4.69) is 9.73 Å². The first kappa shape index (κ1) is 15.8. The number of ether oxygens (including phenoxy) is 2. The SMILES string of the molecule is CCOC(=O)C1=C(O)CC(C(=O)OC)N=C1c1ccccc1. The van der Waals surface area contributed by atoms with Gasteiger partial charge in [0, 0.05) is 12.0 Å². The highest BCUT2D eigenvalue weighted by Crippen LogP contribution is 2.25. The quantitative estimate of drug-likeness (QED) is 0.857. The van der Waals surface area contributed by atoms with Crippen LogP contribution < -0.4 is 0 Å². The number of hydrogen-bond acceptors (Lipinski definition) is 6. The van der Waals surface area contributed by atoms with E-state index in [1.54, 1.807) is 31.2 Å². The number of rotatable bonds is 4. The fraction of sp³-hybridized carbons (Fsp3) is 0.312. The standard InChI is InChI=1S/C16H17NO5/c1-3-22-16(20)13-12(18)9-11(15(19)21-2)17-14(13)10-7-5-4-6-8-10/h4-8,11,18H,3,9H2,1-2H3. The van der Waals surface area contributed by atoms with E-state index in [1.165, 1.54) is 7.11 Å². The van der Waals surface area contributed by atoms with Crippen LogP contribution in [-0.2, 0) is 19.1 Å². The summed E-state index contributed by atoms with van der Waals surface area (Å²) in [6.07, 6.45) is -0.0862. The molecule has 0 saturated carbocycles. The zero-order valence-electron chi connectivity index (χ0n) is 12.4. The number of esters is 2. The van der Waals surface area contributed by atoms with E-state index in [4.69, 9.17) is 4.74 Å². The third-order valence-corrected chi connectivity index (χ3v) is 3.20. The molecule has 1 aliphatic rings. The van der Waals surface area contributed by atoms with Crippen molar-refractivity contribution >= 4 is 17.7 Å². The van der Waals surface area contributed by atoms with Gasteiger partial charge in [0.15, 0.2) is 6.04 Å². The molecule has 22 heavy (non-hydrogen) atoms. The predicted molar refractivity (Wildman–Crippen MR) is 79.7 cm³/mol. The molecule has 2 rings (SSSR count). The number of carbonyl (C=O) groups excluding carboxylic acids is 2. The van der Waals surface area contributed by atoms with Crippen LogP contribution >= 0.6 is 0 Å². The highest BCUT2D eigenvalue weighted by Gasteiger charge is 2.33. The molecule has 6 nitrogen and oxygen atoms in total. The Morgan fingerprint density at radius 2 is 2.00 bits per heavy atom. The van der Waals surface area contributed by atoms with E-state index in [0.717, 1.165) is 0 Å². The van der Waals surface area contributed by atoms with Gasteiger partial charge in [0.2, 0.25) is 0 Å². The normalized spacial score (nSPS) is 17.7. The summed E-state index contributed by atoms with van der Waals surface area (Å²) in [6.45, 7) is 1.85. The van der Waals surface area contributed by atoms with Crippen molar-refractivity contribution in [3.05, 3.63) is 47.2 Å². The summed E-state index contributed by atoms with van der Waals surface area (Å²) in [4.78, 5) is 28.1. The van der Waals surface area contributed by atoms with Crippen LogP contribution in [0.4, 0.5) is 0 Å². The van der Waals surface area contributed by atoms with E-state index in [9.17, 15) is 14.7 Å².